The number of nitrogens with one attached hydrogen (secondary N) is 1. The van der Waals surface area contributed by atoms with Gasteiger partial charge < -0.3 is 10.4 Å². The molecular formula is C21H32N2O2. The van der Waals surface area contributed by atoms with E-state index in [2.05, 4.69) is 42.3 Å². The van der Waals surface area contributed by atoms with Gasteiger partial charge in [-0.05, 0) is 64.0 Å². The number of hydrogen-bond donors (Lipinski definition) is 2. The molecular weight excluding hydrogens is 312 g/mol. The quantitative estimate of drug-likeness (QED) is 0.864. The molecule has 1 heterocycles. The number of benzene rings is 1. The zero-order valence-corrected chi connectivity index (χ0v) is 15.6. The molecule has 1 aliphatic heterocycles. The van der Waals surface area contributed by atoms with Crippen molar-refractivity contribution in [2.45, 2.75) is 58.6 Å². The standard InChI is InChI=1S/C21H32N2O2/c1-15-9-16(2)11-18(10-15)14-23-8-7-17(13-23)12-22-21(25)19-3-5-20(24)6-4-19/h9-11,17,19-20,24H,3-8,12-14H2,1-2H3,(H,22,25). The fraction of sp³-hybridized carbons (Fsp3) is 0.667. The predicted octanol–water partition coefficient (Wildman–Crippen LogP) is 2.79. The first-order valence-electron chi connectivity index (χ1n) is 9.75. The number of aliphatic hydroxyl groups is 1. The third kappa shape index (κ3) is 5.29. The lowest BCUT2D eigenvalue weighted by Crippen LogP contribution is -2.37. The van der Waals surface area contributed by atoms with Crippen molar-refractivity contribution >= 4 is 5.91 Å². The number of carbonyl (C=O) groups excluding carboxylic acids is 1. The highest BCUT2D eigenvalue weighted by molar-refractivity contribution is 5.78. The first kappa shape index (κ1) is 18.4. The number of carbonyl (C=O) groups is 1. The number of amides is 1. The Labute approximate surface area is 151 Å². The summed E-state index contributed by atoms with van der Waals surface area (Å²) in [7, 11) is 0. The molecule has 25 heavy (non-hydrogen) atoms. The molecule has 1 saturated carbocycles. The maximum atomic E-state index is 12.3. The Morgan fingerprint density at radius 1 is 1.12 bits per heavy atom. The van der Waals surface area contributed by atoms with Crippen LogP contribution in [0.25, 0.3) is 0 Å². The molecule has 4 heteroatoms. The van der Waals surface area contributed by atoms with Crippen LogP contribution in [-0.4, -0.2) is 41.7 Å². The average molecular weight is 344 g/mol. The van der Waals surface area contributed by atoms with Gasteiger partial charge in [0.2, 0.25) is 5.91 Å². The van der Waals surface area contributed by atoms with Crippen LogP contribution in [0.5, 0.6) is 0 Å². The lowest BCUT2D eigenvalue weighted by Gasteiger charge is -2.25. The van der Waals surface area contributed by atoms with Gasteiger partial charge in [0.1, 0.15) is 0 Å². The largest absolute Gasteiger partial charge is 0.393 e. The third-order valence-electron chi connectivity index (χ3n) is 5.69. The highest BCUT2D eigenvalue weighted by Gasteiger charge is 2.27. The zero-order valence-electron chi connectivity index (χ0n) is 15.6. The molecule has 1 aromatic carbocycles. The third-order valence-corrected chi connectivity index (χ3v) is 5.69. The first-order valence-corrected chi connectivity index (χ1v) is 9.75. The molecule has 2 fully saturated rings. The van der Waals surface area contributed by atoms with Crippen LogP contribution < -0.4 is 5.32 Å². The molecule has 0 aromatic heterocycles. The minimum Gasteiger partial charge on any atom is -0.393 e. The minimum absolute atomic E-state index is 0.108. The van der Waals surface area contributed by atoms with Crippen molar-refractivity contribution in [3.63, 3.8) is 0 Å². The van der Waals surface area contributed by atoms with Crippen LogP contribution in [0.2, 0.25) is 0 Å². The molecule has 0 radical (unpaired) electrons. The van der Waals surface area contributed by atoms with Crippen LogP contribution in [0.1, 0.15) is 48.8 Å². The van der Waals surface area contributed by atoms with Gasteiger partial charge in [-0.2, -0.15) is 0 Å². The summed E-state index contributed by atoms with van der Waals surface area (Å²) in [6.07, 6.45) is 4.16. The van der Waals surface area contributed by atoms with E-state index in [4.69, 9.17) is 0 Å². The van der Waals surface area contributed by atoms with E-state index in [9.17, 15) is 9.90 Å². The smallest absolute Gasteiger partial charge is 0.223 e. The van der Waals surface area contributed by atoms with E-state index >= 15 is 0 Å². The molecule has 1 aromatic rings. The Hall–Kier alpha value is -1.39. The molecule has 2 aliphatic rings. The van der Waals surface area contributed by atoms with Crippen molar-refractivity contribution in [2.75, 3.05) is 19.6 Å². The van der Waals surface area contributed by atoms with E-state index in [1.165, 1.54) is 16.7 Å². The summed E-state index contributed by atoms with van der Waals surface area (Å²) in [6.45, 7) is 8.29. The predicted molar refractivity (Wildman–Crippen MR) is 100 cm³/mol. The second kappa shape index (κ2) is 8.33. The summed E-state index contributed by atoms with van der Waals surface area (Å²) in [6, 6.07) is 6.77. The Morgan fingerprint density at radius 2 is 1.80 bits per heavy atom. The molecule has 2 N–H and O–H groups in total. The van der Waals surface area contributed by atoms with Crippen LogP contribution in [0.15, 0.2) is 18.2 Å². The number of aryl methyl sites for hydroxylation is 2. The Balaban J connectivity index is 1.41. The summed E-state index contributed by atoms with van der Waals surface area (Å²) < 4.78 is 0. The van der Waals surface area contributed by atoms with Gasteiger partial charge in [-0.3, -0.25) is 9.69 Å². The summed E-state index contributed by atoms with van der Waals surface area (Å²) >= 11 is 0. The van der Waals surface area contributed by atoms with E-state index in [0.717, 1.165) is 58.3 Å². The van der Waals surface area contributed by atoms with Crippen LogP contribution in [-0.2, 0) is 11.3 Å². The molecule has 0 spiro atoms. The Bertz CT molecular complexity index is 573. The fourth-order valence-electron chi connectivity index (χ4n) is 4.37. The first-order chi connectivity index (χ1) is 12.0. The van der Waals surface area contributed by atoms with Gasteiger partial charge in [0.05, 0.1) is 6.10 Å². The van der Waals surface area contributed by atoms with Crippen LogP contribution in [0.4, 0.5) is 0 Å². The van der Waals surface area contributed by atoms with E-state index in [-0.39, 0.29) is 17.9 Å². The maximum Gasteiger partial charge on any atom is 0.223 e. The van der Waals surface area contributed by atoms with E-state index in [1.807, 2.05) is 0 Å². The van der Waals surface area contributed by atoms with Crippen molar-refractivity contribution in [1.82, 2.24) is 10.2 Å². The van der Waals surface area contributed by atoms with Crippen molar-refractivity contribution < 1.29 is 9.90 Å². The SMILES string of the molecule is Cc1cc(C)cc(CN2CCC(CNC(=O)C3CCC(O)CC3)C2)c1. The highest BCUT2D eigenvalue weighted by Crippen LogP contribution is 2.25. The number of hydrogen-bond acceptors (Lipinski definition) is 3. The van der Waals surface area contributed by atoms with Gasteiger partial charge in [-0.15, -0.1) is 0 Å². The van der Waals surface area contributed by atoms with Crippen LogP contribution >= 0.6 is 0 Å². The maximum absolute atomic E-state index is 12.3. The van der Waals surface area contributed by atoms with E-state index in [1.54, 1.807) is 0 Å². The molecule has 1 atom stereocenters. The topological polar surface area (TPSA) is 52.6 Å². The molecule has 3 rings (SSSR count). The minimum atomic E-state index is -0.197. The average Bonchev–Trinajstić information content (AvgIpc) is 2.99. The van der Waals surface area contributed by atoms with Gasteiger partial charge in [0.15, 0.2) is 0 Å². The fourth-order valence-corrected chi connectivity index (χ4v) is 4.37. The number of likely N-dealkylation sites (tertiary alicyclic amines) is 1. The second-order valence-electron chi connectivity index (χ2n) is 8.14. The van der Waals surface area contributed by atoms with Gasteiger partial charge in [-0.1, -0.05) is 29.3 Å². The van der Waals surface area contributed by atoms with E-state index in [0.29, 0.717) is 5.92 Å². The number of nitrogens with zero attached hydrogens (tertiary/aromatic N) is 1. The molecule has 1 amide bonds. The van der Waals surface area contributed by atoms with Crippen molar-refractivity contribution in [3.8, 4) is 0 Å². The highest BCUT2D eigenvalue weighted by atomic mass is 16.3. The molecule has 1 unspecified atom stereocenters. The van der Waals surface area contributed by atoms with Gasteiger partial charge >= 0.3 is 0 Å². The molecule has 1 aliphatic carbocycles. The number of aliphatic hydroxyl groups excluding tert-OH is 1. The zero-order chi connectivity index (χ0) is 17.8. The van der Waals surface area contributed by atoms with Gasteiger partial charge in [0.25, 0.3) is 0 Å². The van der Waals surface area contributed by atoms with Crippen LogP contribution in [0, 0.1) is 25.7 Å². The molecule has 1 saturated heterocycles. The molecule has 0 bridgehead atoms. The Morgan fingerprint density at radius 3 is 2.48 bits per heavy atom. The van der Waals surface area contributed by atoms with Crippen molar-refractivity contribution in [1.29, 1.82) is 0 Å². The van der Waals surface area contributed by atoms with Gasteiger partial charge in [0, 0.05) is 25.6 Å². The monoisotopic (exact) mass is 344 g/mol. The summed E-state index contributed by atoms with van der Waals surface area (Å²) in [5.74, 6) is 0.861. The van der Waals surface area contributed by atoms with Crippen molar-refractivity contribution in [2.24, 2.45) is 11.8 Å². The Kier molecular flexibility index (Phi) is 6.13. The van der Waals surface area contributed by atoms with Crippen LogP contribution in [0.3, 0.4) is 0 Å². The normalized spacial score (nSPS) is 27.4. The van der Waals surface area contributed by atoms with Crippen molar-refractivity contribution in [3.05, 3.63) is 34.9 Å². The van der Waals surface area contributed by atoms with E-state index < -0.39 is 0 Å². The summed E-state index contributed by atoms with van der Waals surface area (Å²) in [5, 5.41) is 12.7. The lowest BCUT2D eigenvalue weighted by molar-refractivity contribution is -0.126. The number of rotatable bonds is 5. The van der Waals surface area contributed by atoms with Gasteiger partial charge in [-0.25, -0.2) is 0 Å². The molecule has 4 nitrogen and oxygen atoms in total. The second-order valence-corrected chi connectivity index (χ2v) is 8.14. The lowest BCUT2D eigenvalue weighted by atomic mass is 9.87. The summed E-state index contributed by atoms with van der Waals surface area (Å²) in [5.41, 5.74) is 4.05. The summed E-state index contributed by atoms with van der Waals surface area (Å²) in [4.78, 5) is 14.8. The molecule has 138 valence electrons.